The number of benzene rings is 1. The summed E-state index contributed by atoms with van der Waals surface area (Å²) >= 11 is 4.57. The summed E-state index contributed by atoms with van der Waals surface area (Å²) in [5, 5.41) is 5.71. The first-order valence-corrected chi connectivity index (χ1v) is 7.39. The number of fused-ring (bicyclic) bond motifs is 1. The average molecular weight is 350 g/mol. The van der Waals surface area contributed by atoms with Crippen molar-refractivity contribution in [3.05, 3.63) is 60.5 Å². The van der Waals surface area contributed by atoms with Gasteiger partial charge >= 0.3 is 0 Å². The Morgan fingerprint density at radius 1 is 1.20 bits per heavy atom. The highest BCUT2D eigenvalue weighted by atomic mass is 79.9. The molecule has 0 fully saturated rings. The Balaban J connectivity index is 2.31. The summed E-state index contributed by atoms with van der Waals surface area (Å²) in [5.41, 5.74) is 0.857. The van der Waals surface area contributed by atoms with Crippen molar-refractivity contribution in [2.45, 2.75) is 6.92 Å². The van der Waals surface area contributed by atoms with Gasteiger partial charge in [-0.1, -0.05) is 28.1 Å². The molecule has 1 aromatic carbocycles. The molecule has 3 rings (SSSR count). The molecule has 20 heavy (non-hydrogen) atoms. The van der Waals surface area contributed by atoms with Crippen LogP contribution in [0.1, 0.15) is 5.69 Å². The number of halogens is 1. The van der Waals surface area contributed by atoms with E-state index in [4.69, 9.17) is 0 Å². The van der Waals surface area contributed by atoms with Gasteiger partial charge in [0.2, 0.25) is 4.96 Å². The zero-order valence-electron chi connectivity index (χ0n) is 10.3. The van der Waals surface area contributed by atoms with Crippen molar-refractivity contribution in [2.24, 2.45) is 0 Å². The van der Waals surface area contributed by atoms with Gasteiger partial charge in [-0.05, 0) is 24.6 Å². The molecule has 0 aliphatic heterocycles. The van der Waals surface area contributed by atoms with Crippen molar-refractivity contribution >= 4 is 32.2 Å². The zero-order valence-corrected chi connectivity index (χ0v) is 12.7. The standard InChI is InChI=1S/C13H8BrN3O2S/c1-7-11(18)15-13-17(16-7)12(19)10(6-20-13)8-2-4-9(14)5-3-8/h2-6H,1H3. The normalized spacial score (nSPS) is 10.9. The van der Waals surface area contributed by atoms with E-state index >= 15 is 0 Å². The van der Waals surface area contributed by atoms with Gasteiger partial charge in [0, 0.05) is 9.85 Å². The topological polar surface area (TPSA) is 64.3 Å². The van der Waals surface area contributed by atoms with Gasteiger partial charge in [-0.2, -0.15) is 14.6 Å². The second-order valence-electron chi connectivity index (χ2n) is 4.16. The van der Waals surface area contributed by atoms with Crippen LogP contribution in [0.2, 0.25) is 0 Å². The average Bonchev–Trinajstić information content (AvgIpc) is 2.43. The van der Waals surface area contributed by atoms with Gasteiger partial charge in [0.15, 0.2) is 0 Å². The molecule has 0 bridgehead atoms. The van der Waals surface area contributed by atoms with E-state index in [2.05, 4.69) is 26.0 Å². The van der Waals surface area contributed by atoms with Crippen molar-refractivity contribution in [1.29, 1.82) is 0 Å². The number of rotatable bonds is 1. The molecule has 0 saturated carbocycles. The fourth-order valence-corrected chi connectivity index (χ4v) is 2.84. The highest BCUT2D eigenvalue weighted by molar-refractivity contribution is 9.10. The van der Waals surface area contributed by atoms with Gasteiger partial charge in [-0.15, -0.1) is 11.3 Å². The quantitative estimate of drug-likeness (QED) is 0.675. The highest BCUT2D eigenvalue weighted by Crippen LogP contribution is 2.20. The van der Waals surface area contributed by atoms with Crippen molar-refractivity contribution in [1.82, 2.24) is 14.6 Å². The van der Waals surface area contributed by atoms with Crippen LogP contribution in [0.15, 0.2) is 43.7 Å². The second-order valence-corrected chi connectivity index (χ2v) is 5.91. The Bertz CT molecular complexity index is 916. The predicted octanol–water partition coefficient (Wildman–Crippen LogP) is 2.25. The first-order chi connectivity index (χ1) is 9.56. The summed E-state index contributed by atoms with van der Waals surface area (Å²) in [6.07, 6.45) is 0. The van der Waals surface area contributed by atoms with Crippen LogP contribution in [0.3, 0.4) is 0 Å². The van der Waals surface area contributed by atoms with E-state index in [9.17, 15) is 9.59 Å². The van der Waals surface area contributed by atoms with Crippen LogP contribution < -0.4 is 11.1 Å². The van der Waals surface area contributed by atoms with E-state index in [1.54, 1.807) is 5.38 Å². The van der Waals surface area contributed by atoms with E-state index in [0.717, 1.165) is 10.0 Å². The molecule has 3 aromatic rings. The molecule has 0 amide bonds. The summed E-state index contributed by atoms with van der Waals surface area (Å²) in [6.45, 7) is 1.54. The van der Waals surface area contributed by atoms with Crippen molar-refractivity contribution in [3.8, 4) is 11.1 Å². The minimum absolute atomic E-state index is 0.208. The monoisotopic (exact) mass is 349 g/mol. The smallest absolute Gasteiger partial charge is 0.267 e. The van der Waals surface area contributed by atoms with Gasteiger partial charge in [0.1, 0.15) is 5.69 Å². The van der Waals surface area contributed by atoms with Crippen LogP contribution in [0.5, 0.6) is 0 Å². The SMILES string of the molecule is Cc1nn2c(=O)c(-c3ccc(Br)cc3)csc2nc1=O. The van der Waals surface area contributed by atoms with E-state index in [-0.39, 0.29) is 11.3 Å². The molecule has 5 nitrogen and oxygen atoms in total. The third kappa shape index (κ3) is 2.19. The molecule has 7 heteroatoms. The van der Waals surface area contributed by atoms with Gasteiger partial charge < -0.3 is 0 Å². The van der Waals surface area contributed by atoms with E-state index in [0.29, 0.717) is 10.5 Å². The summed E-state index contributed by atoms with van der Waals surface area (Å²) in [6, 6.07) is 7.43. The van der Waals surface area contributed by atoms with Crippen LogP contribution in [0, 0.1) is 6.92 Å². The zero-order chi connectivity index (χ0) is 14.3. The third-order valence-corrected chi connectivity index (χ3v) is 4.16. The molecule has 0 unspecified atom stereocenters. The molecule has 0 saturated heterocycles. The fraction of sp³-hybridized carbons (Fsp3) is 0.0769. The molecule has 0 aliphatic carbocycles. The first-order valence-electron chi connectivity index (χ1n) is 5.72. The van der Waals surface area contributed by atoms with Crippen molar-refractivity contribution < 1.29 is 0 Å². The lowest BCUT2D eigenvalue weighted by atomic mass is 10.1. The van der Waals surface area contributed by atoms with Gasteiger partial charge in [-0.3, -0.25) is 9.59 Å². The van der Waals surface area contributed by atoms with Crippen LogP contribution in [-0.2, 0) is 0 Å². The van der Waals surface area contributed by atoms with Gasteiger partial charge in [-0.25, -0.2) is 0 Å². The predicted molar refractivity (Wildman–Crippen MR) is 81.3 cm³/mol. The largest absolute Gasteiger partial charge is 0.295 e. The summed E-state index contributed by atoms with van der Waals surface area (Å²) in [4.78, 5) is 28.0. The van der Waals surface area contributed by atoms with Crippen LogP contribution >= 0.6 is 27.3 Å². The van der Waals surface area contributed by atoms with Crippen LogP contribution in [-0.4, -0.2) is 14.6 Å². The van der Waals surface area contributed by atoms with Crippen molar-refractivity contribution in [2.75, 3.05) is 0 Å². The molecule has 0 N–H and O–H groups in total. The molecule has 0 spiro atoms. The van der Waals surface area contributed by atoms with E-state index in [1.807, 2.05) is 24.3 Å². The maximum Gasteiger partial charge on any atom is 0.295 e. The minimum atomic E-state index is -0.406. The van der Waals surface area contributed by atoms with Crippen LogP contribution in [0.25, 0.3) is 16.1 Å². The number of nitrogens with zero attached hydrogens (tertiary/aromatic N) is 3. The Morgan fingerprint density at radius 3 is 2.60 bits per heavy atom. The summed E-state index contributed by atoms with van der Waals surface area (Å²) in [5.74, 6) is 0. The summed E-state index contributed by atoms with van der Waals surface area (Å²) < 4.78 is 2.12. The molecule has 2 heterocycles. The Labute approximate surface area is 125 Å². The van der Waals surface area contributed by atoms with Gasteiger partial charge in [0.05, 0.1) is 5.56 Å². The lowest BCUT2D eigenvalue weighted by Gasteiger charge is -2.03. The van der Waals surface area contributed by atoms with Crippen molar-refractivity contribution in [3.63, 3.8) is 0 Å². The molecule has 2 aromatic heterocycles. The minimum Gasteiger partial charge on any atom is -0.267 e. The second kappa shape index (κ2) is 4.92. The highest BCUT2D eigenvalue weighted by Gasteiger charge is 2.10. The Hall–Kier alpha value is -1.86. The third-order valence-electron chi connectivity index (χ3n) is 2.80. The molecule has 100 valence electrons. The van der Waals surface area contributed by atoms with E-state index < -0.39 is 5.56 Å². The number of hydrogen-bond donors (Lipinski definition) is 0. The molecular formula is C13H8BrN3O2S. The lowest BCUT2D eigenvalue weighted by Crippen LogP contribution is -2.24. The summed E-state index contributed by atoms with van der Waals surface area (Å²) in [7, 11) is 0. The maximum absolute atomic E-state index is 12.4. The number of aryl methyl sites for hydroxylation is 1. The molecule has 0 radical (unpaired) electrons. The van der Waals surface area contributed by atoms with Gasteiger partial charge in [0.25, 0.3) is 11.1 Å². The maximum atomic E-state index is 12.4. The molecule has 0 atom stereocenters. The first kappa shape index (κ1) is 13.1. The molecular weight excluding hydrogens is 342 g/mol. The number of aromatic nitrogens is 3. The number of hydrogen-bond acceptors (Lipinski definition) is 5. The van der Waals surface area contributed by atoms with Crippen LogP contribution in [0.4, 0.5) is 0 Å². The Kier molecular flexibility index (Phi) is 3.23. The molecule has 0 aliphatic rings. The Morgan fingerprint density at radius 2 is 1.90 bits per heavy atom. The fourth-order valence-electron chi connectivity index (χ4n) is 1.76. The van der Waals surface area contributed by atoms with E-state index in [1.165, 1.54) is 22.8 Å². The lowest BCUT2D eigenvalue weighted by molar-refractivity contribution is 0.831.